The zero-order chi connectivity index (χ0) is 16.9. The molecule has 3 N–H and O–H groups in total. The van der Waals surface area contributed by atoms with Gasteiger partial charge in [-0.2, -0.15) is 0 Å². The molecular formula is C18H21NO4. The molecule has 23 heavy (non-hydrogen) atoms. The Morgan fingerprint density at radius 2 is 1.70 bits per heavy atom. The maximum Gasteiger partial charge on any atom is 0.258 e. The third kappa shape index (κ3) is 4.47. The van der Waals surface area contributed by atoms with Gasteiger partial charge in [0.2, 0.25) is 0 Å². The van der Waals surface area contributed by atoms with Crippen LogP contribution in [0.15, 0.2) is 54.6 Å². The van der Waals surface area contributed by atoms with Gasteiger partial charge in [-0.05, 0) is 36.8 Å². The van der Waals surface area contributed by atoms with Crippen LogP contribution in [0.3, 0.4) is 0 Å². The fourth-order valence-electron chi connectivity index (χ4n) is 2.29. The third-order valence-corrected chi connectivity index (χ3v) is 3.63. The lowest BCUT2D eigenvalue weighted by molar-refractivity contribution is -0.127. The molecule has 0 aliphatic rings. The van der Waals surface area contributed by atoms with Crippen molar-refractivity contribution in [2.75, 3.05) is 7.11 Å². The first-order valence-corrected chi connectivity index (χ1v) is 7.30. The number of benzene rings is 2. The van der Waals surface area contributed by atoms with Gasteiger partial charge in [0.1, 0.15) is 11.5 Å². The summed E-state index contributed by atoms with van der Waals surface area (Å²) in [7, 11) is 1.57. The number of hydrogen-bond acceptors (Lipinski definition) is 4. The van der Waals surface area contributed by atoms with Crippen molar-refractivity contribution in [3.63, 3.8) is 0 Å². The van der Waals surface area contributed by atoms with Crippen LogP contribution in [0.2, 0.25) is 0 Å². The highest BCUT2D eigenvalue weighted by molar-refractivity contribution is 5.79. The minimum atomic E-state index is -1.23. The zero-order valence-electron chi connectivity index (χ0n) is 13.2. The van der Waals surface area contributed by atoms with Crippen LogP contribution in [0.4, 0.5) is 0 Å². The van der Waals surface area contributed by atoms with Crippen LogP contribution in [-0.4, -0.2) is 24.2 Å². The molecule has 2 rings (SSSR count). The number of aliphatic hydroxyl groups is 1. The van der Waals surface area contributed by atoms with Crippen LogP contribution in [0.1, 0.15) is 18.9 Å². The number of methoxy groups -OCH3 is 1. The van der Waals surface area contributed by atoms with Gasteiger partial charge in [0, 0.05) is 6.42 Å². The van der Waals surface area contributed by atoms with Crippen LogP contribution in [0.25, 0.3) is 0 Å². The maximum atomic E-state index is 11.7. The molecule has 0 saturated carbocycles. The van der Waals surface area contributed by atoms with Crippen molar-refractivity contribution in [3.05, 3.63) is 60.2 Å². The van der Waals surface area contributed by atoms with Crippen molar-refractivity contribution < 1.29 is 19.4 Å². The summed E-state index contributed by atoms with van der Waals surface area (Å²) in [6.07, 6.45) is -0.892. The van der Waals surface area contributed by atoms with Crippen molar-refractivity contribution in [2.24, 2.45) is 5.73 Å². The highest BCUT2D eigenvalue weighted by atomic mass is 16.5. The number of carbonyl (C=O) groups is 1. The highest BCUT2D eigenvalue weighted by Gasteiger charge is 2.31. The molecule has 5 heteroatoms. The molecule has 0 radical (unpaired) electrons. The topological polar surface area (TPSA) is 81.8 Å². The van der Waals surface area contributed by atoms with Crippen LogP contribution in [0.5, 0.6) is 11.5 Å². The molecule has 1 amide bonds. The maximum absolute atomic E-state index is 11.7. The minimum absolute atomic E-state index is 0.0539. The van der Waals surface area contributed by atoms with E-state index in [1.165, 1.54) is 0 Å². The number of rotatable bonds is 7. The average molecular weight is 315 g/mol. The van der Waals surface area contributed by atoms with E-state index in [0.717, 1.165) is 0 Å². The second-order valence-electron chi connectivity index (χ2n) is 5.53. The molecule has 0 saturated heterocycles. The van der Waals surface area contributed by atoms with Gasteiger partial charge in [0.05, 0.1) is 12.7 Å². The molecule has 2 atom stereocenters. The third-order valence-electron chi connectivity index (χ3n) is 3.63. The quantitative estimate of drug-likeness (QED) is 0.821. The Labute approximate surface area is 135 Å². The average Bonchev–Trinajstić information content (AvgIpc) is 2.55. The summed E-state index contributed by atoms with van der Waals surface area (Å²) < 4.78 is 10.7. The molecule has 2 aromatic carbocycles. The molecule has 122 valence electrons. The van der Waals surface area contributed by atoms with Gasteiger partial charge in [0.25, 0.3) is 5.91 Å². The van der Waals surface area contributed by atoms with E-state index in [-0.39, 0.29) is 6.42 Å². The monoisotopic (exact) mass is 315 g/mol. The molecule has 0 bridgehead atoms. The Kier molecular flexibility index (Phi) is 5.24. The first-order chi connectivity index (χ1) is 10.9. The Bertz CT molecular complexity index is 638. The van der Waals surface area contributed by atoms with Crippen molar-refractivity contribution in [3.8, 4) is 11.5 Å². The Morgan fingerprint density at radius 1 is 1.13 bits per heavy atom. The van der Waals surface area contributed by atoms with E-state index in [9.17, 15) is 9.90 Å². The van der Waals surface area contributed by atoms with Gasteiger partial charge < -0.3 is 20.3 Å². The Balaban J connectivity index is 2.13. The molecule has 0 aromatic heterocycles. The predicted octanol–water partition coefficient (Wildman–Crippen LogP) is 2.23. The number of carbonyl (C=O) groups excluding carboxylic acids is 1. The van der Waals surface area contributed by atoms with E-state index in [1.807, 2.05) is 18.2 Å². The number of amides is 1. The minimum Gasteiger partial charge on any atom is -0.497 e. The molecule has 0 aliphatic carbocycles. The fourth-order valence-corrected chi connectivity index (χ4v) is 2.29. The van der Waals surface area contributed by atoms with Crippen LogP contribution in [-0.2, 0) is 10.4 Å². The lowest BCUT2D eigenvalue weighted by atomic mass is 9.90. The summed E-state index contributed by atoms with van der Waals surface area (Å²) in [5.74, 6) is 0.541. The molecule has 0 aliphatic heterocycles. The summed E-state index contributed by atoms with van der Waals surface area (Å²) >= 11 is 0. The molecule has 0 heterocycles. The first-order valence-electron chi connectivity index (χ1n) is 7.30. The number of primary amides is 1. The second kappa shape index (κ2) is 7.15. The largest absolute Gasteiger partial charge is 0.497 e. The van der Waals surface area contributed by atoms with Gasteiger partial charge in [-0.3, -0.25) is 4.79 Å². The van der Waals surface area contributed by atoms with E-state index in [2.05, 4.69) is 0 Å². The Hall–Kier alpha value is -2.53. The lowest BCUT2D eigenvalue weighted by Gasteiger charge is -2.28. The lowest BCUT2D eigenvalue weighted by Crippen LogP contribution is -2.40. The SMILES string of the molecule is COc1ccc(OC(CC(C)(O)c2ccccc2)C(N)=O)cc1. The van der Waals surface area contributed by atoms with Crippen LogP contribution < -0.4 is 15.2 Å². The zero-order valence-corrected chi connectivity index (χ0v) is 13.2. The molecule has 2 unspecified atom stereocenters. The van der Waals surface area contributed by atoms with Crippen molar-refractivity contribution in [1.29, 1.82) is 0 Å². The van der Waals surface area contributed by atoms with E-state index in [0.29, 0.717) is 17.1 Å². The number of hydrogen-bond donors (Lipinski definition) is 2. The smallest absolute Gasteiger partial charge is 0.258 e. The van der Waals surface area contributed by atoms with Crippen LogP contribution >= 0.6 is 0 Å². The van der Waals surface area contributed by atoms with E-state index < -0.39 is 17.6 Å². The fraction of sp³-hybridized carbons (Fsp3) is 0.278. The predicted molar refractivity (Wildman–Crippen MR) is 87.2 cm³/mol. The van der Waals surface area contributed by atoms with Crippen molar-refractivity contribution in [1.82, 2.24) is 0 Å². The Morgan fingerprint density at radius 3 is 2.22 bits per heavy atom. The van der Waals surface area contributed by atoms with Gasteiger partial charge >= 0.3 is 0 Å². The molecule has 5 nitrogen and oxygen atoms in total. The molecular weight excluding hydrogens is 294 g/mol. The highest BCUT2D eigenvalue weighted by Crippen LogP contribution is 2.28. The standard InChI is InChI=1S/C18H21NO4/c1-18(21,13-6-4-3-5-7-13)12-16(17(19)20)23-15-10-8-14(22-2)9-11-15/h3-11,16,21H,12H2,1-2H3,(H2,19,20). The van der Waals surface area contributed by atoms with Crippen LogP contribution in [0, 0.1) is 0 Å². The summed E-state index contributed by atoms with van der Waals surface area (Å²) in [6.45, 7) is 1.63. The summed E-state index contributed by atoms with van der Waals surface area (Å²) in [4.78, 5) is 11.7. The summed E-state index contributed by atoms with van der Waals surface area (Å²) in [5, 5.41) is 10.7. The summed E-state index contributed by atoms with van der Waals surface area (Å²) in [6, 6.07) is 15.9. The summed E-state index contributed by atoms with van der Waals surface area (Å²) in [5.41, 5.74) is 4.90. The molecule has 2 aromatic rings. The second-order valence-corrected chi connectivity index (χ2v) is 5.53. The van der Waals surface area contributed by atoms with E-state index in [1.54, 1.807) is 50.4 Å². The normalized spacial score (nSPS) is 14.6. The van der Waals surface area contributed by atoms with Gasteiger partial charge in [-0.25, -0.2) is 0 Å². The number of nitrogens with two attached hydrogens (primary N) is 1. The van der Waals surface area contributed by atoms with E-state index >= 15 is 0 Å². The van der Waals surface area contributed by atoms with Gasteiger partial charge in [0.15, 0.2) is 6.10 Å². The molecule has 0 spiro atoms. The number of ether oxygens (including phenoxy) is 2. The van der Waals surface area contributed by atoms with Gasteiger partial charge in [-0.1, -0.05) is 30.3 Å². The van der Waals surface area contributed by atoms with Crippen molar-refractivity contribution in [2.45, 2.75) is 25.0 Å². The first kappa shape index (κ1) is 16.8. The van der Waals surface area contributed by atoms with E-state index in [4.69, 9.17) is 15.2 Å². The van der Waals surface area contributed by atoms with Crippen molar-refractivity contribution >= 4 is 5.91 Å². The molecule has 0 fully saturated rings. The van der Waals surface area contributed by atoms with Gasteiger partial charge in [-0.15, -0.1) is 0 Å².